The summed E-state index contributed by atoms with van der Waals surface area (Å²) in [6.45, 7) is 0.144. The molecule has 9 heteroatoms. The molecular formula is C23H22ClN3O4S. The molecule has 0 radical (unpaired) electrons. The van der Waals surface area contributed by atoms with Crippen LogP contribution in [0.4, 0.5) is 5.69 Å². The minimum atomic E-state index is -3.55. The first-order valence-electron chi connectivity index (χ1n) is 9.56. The molecule has 0 aliphatic carbocycles. The molecular weight excluding hydrogens is 450 g/mol. The SMILES string of the molecule is COc1ccccc1/C=N/NC(=O)c1ccc(N(Cc2ccc(Cl)cc2)S(C)(=O)=O)cc1. The number of ether oxygens (including phenoxy) is 1. The number of halogens is 1. The Morgan fingerprint density at radius 2 is 1.72 bits per heavy atom. The maximum absolute atomic E-state index is 12.4. The highest BCUT2D eigenvalue weighted by molar-refractivity contribution is 7.92. The molecule has 166 valence electrons. The molecule has 0 atom stereocenters. The first-order chi connectivity index (χ1) is 15.3. The number of amides is 1. The van der Waals surface area contributed by atoms with E-state index in [1.54, 1.807) is 61.7 Å². The van der Waals surface area contributed by atoms with Gasteiger partial charge >= 0.3 is 0 Å². The maximum Gasteiger partial charge on any atom is 0.271 e. The van der Waals surface area contributed by atoms with Crippen molar-refractivity contribution in [1.82, 2.24) is 5.43 Å². The van der Waals surface area contributed by atoms with E-state index >= 15 is 0 Å². The molecule has 3 aromatic rings. The van der Waals surface area contributed by atoms with Crippen molar-refractivity contribution in [2.75, 3.05) is 17.7 Å². The second-order valence-corrected chi connectivity index (χ2v) is 9.23. The van der Waals surface area contributed by atoms with Gasteiger partial charge < -0.3 is 4.74 Å². The Balaban J connectivity index is 1.72. The fourth-order valence-electron chi connectivity index (χ4n) is 2.93. The highest BCUT2D eigenvalue weighted by Gasteiger charge is 2.18. The molecule has 0 aliphatic rings. The molecule has 3 aromatic carbocycles. The number of hydrazone groups is 1. The Labute approximate surface area is 192 Å². The highest BCUT2D eigenvalue weighted by Crippen LogP contribution is 2.22. The third-order valence-electron chi connectivity index (χ3n) is 4.57. The quantitative estimate of drug-likeness (QED) is 0.396. The predicted molar refractivity (Wildman–Crippen MR) is 127 cm³/mol. The lowest BCUT2D eigenvalue weighted by Gasteiger charge is -2.22. The summed E-state index contributed by atoms with van der Waals surface area (Å²) in [6.07, 6.45) is 2.62. The van der Waals surface area contributed by atoms with Crippen molar-refractivity contribution in [3.05, 3.63) is 94.5 Å². The van der Waals surface area contributed by atoms with Gasteiger partial charge in [0.05, 0.1) is 31.8 Å². The standard InChI is InChI=1S/C23H22ClN3O4S/c1-31-22-6-4-3-5-19(22)15-25-26-23(28)18-9-13-21(14-10-18)27(32(2,29)30)16-17-7-11-20(24)12-8-17/h3-15H,16H2,1-2H3,(H,26,28)/b25-15+. The third-order valence-corrected chi connectivity index (χ3v) is 5.96. The second kappa shape index (κ2) is 10.3. The summed E-state index contributed by atoms with van der Waals surface area (Å²) in [5.74, 6) is 0.211. The van der Waals surface area contributed by atoms with E-state index in [4.69, 9.17) is 16.3 Å². The lowest BCUT2D eigenvalue weighted by atomic mass is 10.2. The zero-order valence-electron chi connectivity index (χ0n) is 17.5. The number of nitrogens with one attached hydrogen (secondary N) is 1. The average molecular weight is 472 g/mol. The van der Waals surface area contributed by atoms with Gasteiger partial charge in [-0.05, 0) is 54.1 Å². The summed E-state index contributed by atoms with van der Waals surface area (Å²) in [7, 11) is -1.99. The van der Waals surface area contributed by atoms with Crippen LogP contribution in [0.1, 0.15) is 21.5 Å². The molecule has 0 saturated heterocycles. The molecule has 0 fully saturated rings. The summed E-state index contributed by atoms with van der Waals surface area (Å²) >= 11 is 5.90. The molecule has 1 amide bonds. The molecule has 7 nitrogen and oxygen atoms in total. The van der Waals surface area contributed by atoms with Gasteiger partial charge in [-0.3, -0.25) is 9.10 Å². The maximum atomic E-state index is 12.4. The zero-order valence-corrected chi connectivity index (χ0v) is 19.1. The van der Waals surface area contributed by atoms with Gasteiger partial charge in [-0.2, -0.15) is 5.10 Å². The lowest BCUT2D eigenvalue weighted by Crippen LogP contribution is -2.29. The van der Waals surface area contributed by atoms with E-state index in [9.17, 15) is 13.2 Å². The van der Waals surface area contributed by atoms with Crippen LogP contribution >= 0.6 is 11.6 Å². The molecule has 3 rings (SSSR count). The predicted octanol–water partition coefficient (Wildman–Crippen LogP) is 4.08. The minimum Gasteiger partial charge on any atom is -0.496 e. The van der Waals surface area contributed by atoms with Gasteiger partial charge in [0.2, 0.25) is 10.0 Å². The summed E-state index contributed by atoms with van der Waals surface area (Å²) in [5, 5.41) is 4.54. The summed E-state index contributed by atoms with van der Waals surface area (Å²) in [6, 6.07) is 20.5. The molecule has 0 spiro atoms. The zero-order chi connectivity index (χ0) is 23.1. The number of sulfonamides is 1. The fraction of sp³-hybridized carbons (Fsp3) is 0.130. The van der Waals surface area contributed by atoms with Gasteiger partial charge in [0.1, 0.15) is 5.75 Å². The number of hydrogen-bond acceptors (Lipinski definition) is 5. The van der Waals surface area contributed by atoms with Crippen molar-refractivity contribution < 1.29 is 17.9 Å². The van der Waals surface area contributed by atoms with Crippen LogP contribution in [0.2, 0.25) is 5.02 Å². The molecule has 0 unspecified atom stereocenters. The van der Waals surface area contributed by atoms with Crippen molar-refractivity contribution in [2.24, 2.45) is 5.10 Å². The third kappa shape index (κ3) is 6.09. The van der Waals surface area contributed by atoms with Crippen LogP contribution in [-0.4, -0.2) is 33.9 Å². The fourth-order valence-corrected chi connectivity index (χ4v) is 3.95. The van der Waals surface area contributed by atoms with E-state index in [0.717, 1.165) is 17.4 Å². The largest absolute Gasteiger partial charge is 0.496 e. The molecule has 32 heavy (non-hydrogen) atoms. The van der Waals surface area contributed by atoms with Crippen molar-refractivity contribution in [3.8, 4) is 5.75 Å². The molecule has 0 heterocycles. The van der Waals surface area contributed by atoms with E-state index in [2.05, 4.69) is 10.5 Å². The Bertz CT molecular complexity index is 1210. The minimum absolute atomic E-state index is 0.144. The van der Waals surface area contributed by atoms with Crippen LogP contribution in [0, 0.1) is 0 Å². The van der Waals surface area contributed by atoms with Crippen molar-refractivity contribution in [3.63, 3.8) is 0 Å². The van der Waals surface area contributed by atoms with Crippen LogP contribution < -0.4 is 14.5 Å². The topological polar surface area (TPSA) is 88.1 Å². The van der Waals surface area contributed by atoms with E-state index in [-0.39, 0.29) is 6.54 Å². The van der Waals surface area contributed by atoms with Crippen molar-refractivity contribution in [1.29, 1.82) is 0 Å². The van der Waals surface area contributed by atoms with E-state index in [1.807, 2.05) is 18.2 Å². The molecule has 0 aliphatic heterocycles. The number of para-hydroxylation sites is 1. The van der Waals surface area contributed by atoms with E-state index < -0.39 is 15.9 Å². The van der Waals surface area contributed by atoms with Crippen LogP contribution in [-0.2, 0) is 16.6 Å². The number of rotatable bonds is 8. The van der Waals surface area contributed by atoms with Gasteiger partial charge in [0.25, 0.3) is 5.91 Å². The monoisotopic (exact) mass is 471 g/mol. The summed E-state index contributed by atoms with van der Waals surface area (Å²) < 4.78 is 31.2. The smallest absolute Gasteiger partial charge is 0.271 e. The van der Waals surface area contributed by atoms with Gasteiger partial charge in [0.15, 0.2) is 0 Å². The average Bonchev–Trinajstić information content (AvgIpc) is 2.78. The first-order valence-corrected chi connectivity index (χ1v) is 11.8. The lowest BCUT2D eigenvalue weighted by molar-refractivity contribution is 0.0955. The van der Waals surface area contributed by atoms with Gasteiger partial charge in [-0.25, -0.2) is 13.8 Å². The van der Waals surface area contributed by atoms with Crippen LogP contribution in [0.3, 0.4) is 0 Å². The Kier molecular flexibility index (Phi) is 7.50. The van der Waals surface area contributed by atoms with Crippen molar-refractivity contribution in [2.45, 2.75) is 6.54 Å². The highest BCUT2D eigenvalue weighted by atomic mass is 35.5. The molecule has 1 N–H and O–H groups in total. The Morgan fingerprint density at radius 1 is 1.06 bits per heavy atom. The number of hydrogen-bond donors (Lipinski definition) is 1. The molecule has 0 bridgehead atoms. The normalized spacial score (nSPS) is 11.3. The number of benzene rings is 3. The van der Waals surface area contributed by atoms with Crippen LogP contribution in [0.25, 0.3) is 0 Å². The second-order valence-electron chi connectivity index (χ2n) is 6.88. The first kappa shape index (κ1) is 23.3. The Hall–Kier alpha value is -3.36. The number of methoxy groups -OCH3 is 1. The number of carbonyl (C=O) groups excluding carboxylic acids is 1. The van der Waals surface area contributed by atoms with E-state index in [0.29, 0.717) is 22.0 Å². The number of anilines is 1. The van der Waals surface area contributed by atoms with Gasteiger partial charge in [-0.15, -0.1) is 0 Å². The van der Waals surface area contributed by atoms with Crippen LogP contribution in [0.15, 0.2) is 77.9 Å². The number of carbonyl (C=O) groups is 1. The van der Waals surface area contributed by atoms with E-state index in [1.165, 1.54) is 10.5 Å². The van der Waals surface area contributed by atoms with Gasteiger partial charge in [-0.1, -0.05) is 35.9 Å². The van der Waals surface area contributed by atoms with Gasteiger partial charge in [0, 0.05) is 16.1 Å². The number of nitrogens with zero attached hydrogens (tertiary/aromatic N) is 2. The molecule has 0 saturated carbocycles. The summed E-state index contributed by atoms with van der Waals surface area (Å²) in [5.41, 5.74) is 4.74. The summed E-state index contributed by atoms with van der Waals surface area (Å²) in [4.78, 5) is 12.4. The van der Waals surface area contributed by atoms with Crippen LogP contribution in [0.5, 0.6) is 5.75 Å². The van der Waals surface area contributed by atoms with Crippen molar-refractivity contribution >= 4 is 39.4 Å². The Morgan fingerprint density at radius 3 is 2.34 bits per heavy atom. The molecule has 0 aromatic heterocycles.